The topological polar surface area (TPSA) is 213 Å². The summed E-state index contributed by atoms with van der Waals surface area (Å²) >= 11 is 0. The molecule has 2 aliphatic heterocycles. The molecule has 0 saturated carbocycles. The summed E-state index contributed by atoms with van der Waals surface area (Å²) < 4.78 is 30.7. The summed E-state index contributed by atoms with van der Waals surface area (Å²) in [7, 11) is -5.02. The van der Waals surface area contributed by atoms with Crippen LogP contribution in [-0.4, -0.2) is 52.8 Å². The van der Waals surface area contributed by atoms with Crippen LogP contribution in [0.25, 0.3) is 0 Å². The molecule has 2 aromatic rings. The van der Waals surface area contributed by atoms with Gasteiger partial charge in [0.1, 0.15) is 6.04 Å². The highest BCUT2D eigenvalue weighted by Gasteiger charge is 2.46. The van der Waals surface area contributed by atoms with E-state index < -0.39 is 77.2 Å². The van der Waals surface area contributed by atoms with Crippen LogP contribution in [0.5, 0.6) is 5.75 Å². The van der Waals surface area contributed by atoms with Crippen molar-refractivity contribution in [3.63, 3.8) is 0 Å². The van der Waals surface area contributed by atoms with Crippen molar-refractivity contribution in [1.29, 1.82) is 0 Å². The van der Waals surface area contributed by atoms with Gasteiger partial charge in [-0.15, -0.1) is 0 Å². The highest BCUT2D eigenvalue weighted by Crippen LogP contribution is 2.36. The van der Waals surface area contributed by atoms with E-state index in [1.165, 1.54) is 12.1 Å². The fraction of sp³-hybridized carbons (Fsp3) is 0.158. The molecule has 0 bridgehead atoms. The molecule has 2 heterocycles. The standard InChI is InChI=1S/C19H12N4O11S/c24-15-7-5-11(17(25)20-15)21-18(26)10-2-1-3-13(16(10)19(21)27)34-35(32,33)14-6-4-9(22(28)29)8-12(14)23(30)31/h1-4,6,8,11H,5,7H2,(H,20,24,25). The summed E-state index contributed by atoms with van der Waals surface area (Å²) in [5.74, 6) is -4.11. The zero-order valence-corrected chi connectivity index (χ0v) is 18.0. The molecule has 2 aliphatic rings. The number of carbonyl (C=O) groups is 4. The average molecular weight is 504 g/mol. The first-order chi connectivity index (χ1) is 16.4. The molecule has 0 spiro atoms. The molecule has 35 heavy (non-hydrogen) atoms. The first-order valence-corrected chi connectivity index (χ1v) is 11.0. The number of carbonyl (C=O) groups excluding carboxylic acids is 4. The number of fused-ring (bicyclic) bond motifs is 1. The van der Waals surface area contributed by atoms with E-state index in [1.807, 2.05) is 5.32 Å². The fourth-order valence-corrected chi connectivity index (χ4v) is 4.78. The lowest BCUT2D eigenvalue weighted by molar-refractivity contribution is -0.396. The lowest BCUT2D eigenvalue weighted by atomic mass is 10.0. The number of piperidine rings is 1. The van der Waals surface area contributed by atoms with Gasteiger partial charge in [0.2, 0.25) is 11.8 Å². The van der Waals surface area contributed by atoms with Crippen LogP contribution >= 0.6 is 0 Å². The third-order valence-electron chi connectivity index (χ3n) is 5.25. The van der Waals surface area contributed by atoms with E-state index in [0.29, 0.717) is 17.0 Å². The highest BCUT2D eigenvalue weighted by atomic mass is 32.2. The Kier molecular flexibility index (Phi) is 5.52. The second-order valence-corrected chi connectivity index (χ2v) is 8.84. The lowest BCUT2D eigenvalue weighted by Gasteiger charge is -2.27. The number of hydrogen-bond donors (Lipinski definition) is 1. The molecule has 4 rings (SSSR count). The second kappa shape index (κ2) is 8.24. The van der Waals surface area contributed by atoms with E-state index in [-0.39, 0.29) is 18.4 Å². The molecular weight excluding hydrogens is 492 g/mol. The molecular formula is C19H12N4O11S. The monoisotopic (exact) mass is 504 g/mol. The first kappa shape index (κ1) is 23.4. The van der Waals surface area contributed by atoms with Gasteiger partial charge in [0.05, 0.1) is 27.0 Å². The Morgan fingerprint density at radius 2 is 1.71 bits per heavy atom. The summed E-state index contributed by atoms with van der Waals surface area (Å²) in [6, 6.07) is 3.84. The maximum atomic E-state index is 13.1. The Balaban J connectivity index is 1.73. The number of nitrogens with zero attached hydrogens (tertiary/aromatic N) is 3. The van der Waals surface area contributed by atoms with Gasteiger partial charge in [-0.1, -0.05) is 6.07 Å². The smallest absolute Gasteiger partial charge is 0.346 e. The van der Waals surface area contributed by atoms with E-state index >= 15 is 0 Å². The zero-order chi connectivity index (χ0) is 25.7. The van der Waals surface area contributed by atoms with Crippen molar-refractivity contribution >= 4 is 45.1 Å². The van der Waals surface area contributed by atoms with Crippen LogP contribution in [0.2, 0.25) is 0 Å². The van der Waals surface area contributed by atoms with Gasteiger partial charge in [0.15, 0.2) is 10.6 Å². The summed E-state index contributed by atoms with van der Waals surface area (Å²) in [4.78, 5) is 69.2. The van der Waals surface area contributed by atoms with Crippen molar-refractivity contribution in [3.05, 3.63) is 67.8 Å². The van der Waals surface area contributed by atoms with E-state index in [9.17, 15) is 47.8 Å². The van der Waals surface area contributed by atoms with E-state index in [1.54, 1.807) is 0 Å². The third-order valence-corrected chi connectivity index (χ3v) is 6.53. The van der Waals surface area contributed by atoms with Crippen LogP contribution < -0.4 is 9.50 Å². The van der Waals surface area contributed by atoms with Gasteiger partial charge in [-0.25, -0.2) is 0 Å². The molecule has 0 aromatic heterocycles. The number of hydrogen-bond acceptors (Lipinski definition) is 11. The normalized spacial score (nSPS) is 17.7. The van der Waals surface area contributed by atoms with Crippen LogP contribution in [0.3, 0.4) is 0 Å². The van der Waals surface area contributed by atoms with Crippen LogP contribution in [0, 0.1) is 20.2 Å². The Bertz CT molecular complexity index is 1470. The first-order valence-electron chi connectivity index (χ1n) is 9.64. The molecule has 1 saturated heterocycles. The predicted molar refractivity (Wildman–Crippen MR) is 111 cm³/mol. The van der Waals surface area contributed by atoms with Crippen molar-refractivity contribution in [2.24, 2.45) is 0 Å². The Morgan fingerprint density at radius 3 is 2.34 bits per heavy atom. The van der Waals surface area contributed by atoms with Crippen LogP contribution in [-0.2, 0) is 19.7 Å². The van der Waals surface area contributed by atoms with Crippen molar-refractivity contribution in [1.82, 2.24) is 10.2 Å². The average Bonchev–Trinajstić information content (AvgIpc) is 3.04. The quantitative estimate of drug-likeness (QED) is 0.250. The molecule has 2 aromatic carbocycles. The SMILES string of the molecule is O=C1CCC(N2C(=O)c3cccc(OS(=O)(=O)c4ccc([N+](=O)[O-])cc4[N+](=O)[O-])c3C2=O)C(=O)N1. The summed E-state index contributed by atoms with van der Waals surface area (Å²) in [6.45, 7) is 0. The molecule has 1 atom stereocenters. The van der Waals surface area contributed by atoms with Gasteiger partial charge >= 0.3 is 10.1 Å². The minimum absolute atomic E-state index is 0.134. The highest BCUT2D eigenvalue weighted by molar-refractivity contribution is 7.87. The number of nitro benzene ring substituents is 2. The van der Waals surface area contributed by atoms with E-state index in [0.717, 1.165) is 12.1 Å². The van der Waals surface area contributed by atoms with Gasteiger partial charge < -0.3 is 4.18 Å². The lowest BCUT2D eigenvalue weighted by Crippen LogP contribution is -2.54. The number of benzene rings is 2. The number of nitro groups is 2. The van der Waals surface area contributed by atoms with Crippen molar-refractivity contribution in [3.8, 4) is 5.75 Å². The molecule has 4 amide bonds. The number of amides is 4. The largest absolute Gasteiger partial charge is 0.378 e. The summed E-state index contributed by atoms with van der Waals surface area (Å²) in [5.41, 5.74) is -2.67. The maximum Gasteiger partial charge on any atom is 0.346 e. The molecule has 1 N–H and O–H groups in total. The molecule has 1 fully saturated rings. The van der Waals surface area contributed by atoms with Gasteiger partial charge in [-0.2, -0.15) is 8.42 Å². The summed E-state index contributed by atoms with van der Waals surface area (Å²) in [5, 5.41) is 24.3. The van der Waals surface area contributed by atoms with Gasteiger partial charge in [0, 0.05) is 12.5 Å². The van der Waals surface area contributed by atoms with Crippen molar-refractivity contribution in [2.75, 3.05) is 0 Å². The molecule has 1 unspecified atom stereocenters. The van der Waals surface area contributed by atoms with Crippen molar-refractivity contribution in [2.45, 2.75) is 23.8 Å². The number of non-ortho nitro benzene ring substituents is 1. The van der Waals surface area contributed by atoms with Crippen LogP contribution in [0.4, 0.5) is 11.4 Å². The molecule has 16 heteroatoms. The molecule has 0 aliphatic carbocycles. The molecule has 0 radical (unpaired) electrons. The second-order valence-electron chi connectivity index (χ2n) is 7.33. The minimum Gasteiger partial charge on any atom is -0.378 e. The number of imide groups is 2. The fourth-order valence-electron chi connectivity index (χ4n) is 3.69. The van der Waals surface area contributed by atoms with Crippen LogP contribution in [0.1, 0.15) is 33.6 Å². The van der Waals surface area contributed by atoms with Gasteiger partial charge in [0.25, 0.3) is 23.2 Å². The maximum absolute atomic E-state index is 13.1. The summed E-state index contributed by atoms with van der Waals surface area (Å²) in [6.07, 6.45) is -0.273. The predicted octanol–water partition coefficient (Wildman–Crippen LogP) is 0.672. The van der Waals surface area contributed by atoms with E-state index in [2.05, 4.69) is 0 Å². The third kappa shape index (κ3) is 3.95. The Hall–Kier alpha value is -4.73. The van der Waals surface area contributed by atoms with E-state index in [4.69, 9.17) is 4.18 Å². The van der Waals surface area contributed by atoms with Gasteiger partial charge in [-0.05, 0) is 24.6 Å². The Labute approximate surface area is 194 Å². The zero-order valence-electron chi connectivity index (χ0n) is 17.2. The Morgan fingerprint density at radius 1 is 1.00 bits per heavy atom. The van der Waals surface area contributed by atoms with Crippen molar-refractivity contribution < 1.29 is 41.6 Å². The molecule has 180 valence electrons. The molecule has 15 nitrogen and oxygen atoms in total. The minimum atomic E-state index is -5.02. The van der Waals surface area contributed by atoms with Crippen LogP contribution in [0.15, 0.2) is 41.3 Å². The number of rotatable bonds is 6. The number of nitrogens with one attached hydrogen (secondary N) is 1. The van der Waals surface area contributed by atoms with Gasteiger partial charge in [-0.3, -0.25) is 49.6 Å².